The molecule has 5 heteroatoms. The number of benzene rings is 6. The van der Waals surface area contributed by atoms with Crippen LogP contribution in [0.2, 0.25) is 0 Å². The molecule has 0 atom stereocenters. The summed E-state index contributed by atoms with van der Waals surface area (Å²) in [6.07, 6.45) is 10.1. The van der Waals surface area contributed by atoms with Crippen molar-refractivity contribution in [1.82, 2.24) is 19.1 Å². The number of nitrogens with zero attached hydrogens (tertiary/aromatic N) is 4. The van der Waals surface area contributed by atoms with E-state index in [1.807, 2.05) is 18.6 Å². The quantitative estimate of drug-likeness (QED) is 0.192. The van der Waals surface area contributed by atoms with Crippen LogP contribution in [0.3, 0.4) is 0 Å². The summed E-state index contributed by atoms with van der Waals surface area (Å²) < 4.78 is 4.72. The molecule has 0 spiro atoms. The van der Waals surface area contributed by atoms with E-state index < -0.39 is 5.41 Å². The van der Waals surface area contributed by atoms with Crippen LogP contribution in [-0.2, 0) is 5.41 Å². The second-order valence-corrected chi connectivity index (χ2v) is 15.0. The lowest BCUT2D eigenvalue weighted by atomic mass is 9.68. The van der Waals surface area contributed by atoms with Crippen molar-refractivity contribution in [3.8, 4) is 33.8 Å². The molecule has 4 aromatic heterocycles. The van der Waals surface area contributed by atoms with Crippen LogP contribution in [0.25, 0.3) is 72.5 Å². The minimum Gasteiger partial charge on any atom is -0.367 e. The van der Waals surface area contributed by atoms with Crippen LogP contribution in [0.4, 0.5) is 5.82 Å². The van der Waals surface area contributed by atoms with E-state index in [1.54, 1.807) is 0 Å². The van der Waals surface area contributed by atoms with Gasteiger partial charge in [-0.25, -0.2) is 0 Å². The topological polar surface area (TPSA) is 47.7 Å². The van der Waals surface area contributed by atoms with E-state index in [1.165, 1.54) is 66.3 Å². The van der Waals surface area contributed by atoms with E-state index >= 15 is 0 Å². The molecule has 10 aromatic rings. The van der Waals surface area contributed by atoms with E-state index in [0.717, 1.165) is 40.3 Å². The standard InChI is InChI=1S/C52H35N5/c1-3-11-36(12-4-1)52(37-13-5-2-6-14-37)45-17-10-28-54-50(45)43-32-49-42(31-46(43)52)40-15-7-8-18-47(40)56(49)38-23-19-34(20-24-38)35-21-25-39(26-22-35)57-48-27-30-53-33-44(48)41-16-9-29-55-51(41)57/h1-28,30-33,55H,29H2. The zero-order valence-electron chi connectivity index (χ0n) is 31.0. The van der Waals surface area contributed by atoms with E-state index in [9.17, 15) is 0 Å². The Morgan fingerprint density at radius 2 is 1.19 bits per heavy atom. The Labute approximate surface area is 329 Å². The van der Waals surface area contributed by atoms with Crippen LogP contribution in [-0.4, -0.2) is 25.6 Å². The SMILES string of the molecule is C1=Cc2c(n(-c3ccc(-c4ccc(-n5c6ccccc6c6cc7c(cc65)-c5ncccc5C7(c5ccccc5)c5ccccc5)cc4)cc3)c3ccncc23)NC1. The molecule has 0 radical (unpaired) electrons. The summed E-state index contributed by atoms with van der Waals surface area (Å²) in [5.41, 5.74) is 15.9. The summed E-state index contributed by atoms with van der Waals surface area (Å²) in [5.74, 6) is 1.11. The normalized spacial score (nSPS) is 13.8. The average Bonchev–Trinajstić information content (AvgIpc) is 3.90. The summed E-state index contributed by atoms with van der Waals surface area (Å²) in [5, 5.41) is 7.20. The molecule has 0 saturated carbocycles. The molecule has 268 valence electrons. The van der Waals surface area contributed by atoms with Gasteiger partial charge in [-0.1, -0.05) is 121 Å². The average molecular weight is 730 g/mol. The second-order valence-electron chi connectivity index (χ2n) is 15.0. The maximum absolute atomic E-state index is 5.09. The molecule has 0 fully saturated rings. The molecule has 0 amide bonds. The molecular formula is C52H35N5. The van der Waals surface area contributed by atoms with E-state index in [-0.39, 0.29) is 0 Å². The first-order valence-electron chi connectivity index (χ1n) is 19.5. The molecule has 0 saturated heterocycles. The first-order chi connectivity index (χ1) is 28.3. The molecule has 57 heavy (non-hydrogen) atoms. The van der Waals surface area contributed by atoms with Gasteiger partial charge in [-0.2, -0.15) is 0 Å². The fourth-order valence-corrected chi connectivity index (χ4v) is 9.74. The predicted molar refractivity (Wildman–Crippen MR) is 233 cm³/mol. The number of nitrogens with one attached hydrogen (secondary N) is 1. The van der Waals surface area contributed by atoms with Gasteiger partial charge in [-0.15, -0.1) is 0 Å². The Balaban J connectivity index is 0.995. The number of para-hydroxylation sites is 1. The summed E-state index contributed by atoms with van der Waals surface area (Å²) in [7, 11) is 0. The number of pyridine rings is 2. The highest BCUT2D eigenvalue weighted by atomic mass is 15.1. The molecule has 1 N–H and O–H groups in total. The number of anilines is 1. The number of hydrogen-bond acceptors (Lipinski definition) is 3. The van der Waals surface area contributed by atoms with E-state index in [4.69, 9.17) is 4.98 Å². The summed E-state index contributed by atoms with van der Waals surface area (Å²) in [6.45, 7) is 0.807. The molecule has 12 rings (SSSR count). The molecule has 6 aromatic carbocycles. The molecule has 2 aliphatic rings. The van der Waals surface area contributed by atoms with Crippen LogP contribution in [0, 0.1) is 0 Å². The third kappa shape index (κ3) is 4.51. The highest BCUT2D eigenvalue weighted by molar-refractivity contribution is 6.11. The van der Waals surface area contributed by atoms with Crippen molar-refractivity contribution in [2.45, 2.75) is 5.41 Å². The molecule has 0 unspecified atom stereocenters. The zero-order valence-corrected chi connectivity index (χ0v) is 31.0. The van der Waals surface area contributed by atoms with Crippen LogP contribution >= 0.6 is 0 Å². The van der Waals surface area contributed by atoms with Gasteiger partial charge in [0, 0.05) is 63.8 Å². The van der Waals surface area contributed by atoms with Crippen molar-refractivity contribution in [1.29, 1.82) is 0 Å². The minimum atomic E-state index is -0.505. The second kappa shape index (κ2) is 12.3. The van der Waals surface area contributed by atoms with Gasteiger partial charge < -0.3 is 9.88 Å². The lowest BCUT2D eigenvalue weighted by molar-refractivity contribution is 0.767. The van der Waals surface area contributed by atoms with Gasteiger partial charge in [0.25, 0.3) is 0 Å². The van der Waals surface area contributed by atoms with Crippen LogP contribution < -0.4 is 5.32 Å². The lowest BCUT2D eigenvalue weighted by Crippen LogP contribution is -2.28. The minimum absolute atomic E-state index is 0.505. The van der Waals surface area contributed by atoms with Crippen LogP contribution in [0.15, 0.2) is 188 Å². The van der Waals surface area contributed by atoms with E-state index in [2.05, 4.69) is 195 Å². The lowest BCUT2D eigenvalue weighted by Gasteiger charge is -2.33. The fraction of sp³-hybridized carbons (Fsp3) is 0.0385. The molecule has 5 nitrogen and oxygen atoms in total. The van der Waals surface area contributed by atoms with Crippen molar-refractivity contribution >= 4 is 44.6 Å². The maximum atomic E-state index is 5.09. The maximum Gasteiger partial charge on any atom is 0.119 e. The Hall–Kier alpha value is -7.50. The molecule has 1 aliphatic carbocycles. The fourth-order valence-electron chi connectivity index (χ4n) is 9.74. The Morgan fingerprint density at radius 1 is 0.526 bits per heavy atom. The van der Waals surface area contributed by atoms with Gasteiger partial charge in [-0.05, 0) is 88.0 Å². The molecule has 0 bridgehead atoms. The summed E-state index contributed by atoms with van der Waals surface area (Å²) >= 11 is 0. The van der Waals surface area contributed by atoms with Crippen molar-refractivity contribution in [2.24, 2.45) is 0 Å². The zero-order chi connectivity index (χ0) is 37.5. The Bertz CT molecular complexity index is 3170. The van der Waals surface area contributed by atoms with Gasteiger partial charge in [0.15, 0.2) is 0 Å². The first kappa shape index (κ1) is 31.8. The third-order valence-electron chi connectivity index (χ3n) is 12.2. The Morgan fingerprint density at radius 3 is 1.93 bits per heavy atom. The van der Waals surface area contributed by atoms with Crippen molar-refractivity contribution < 1.29 is 0 Å². The van der Waals surface area contributed by atoms with Gasteiger partial charge in [0.1, 0.15) is 5.82 Å². The summed E-state index contributed by atoms with van der Waals surface area (Å²) in [4.78, 5) is 9.51. The van der Waals surface area contributed by atoms with Gasteiger partial charge in [0.2, 0.25) is 0 Å². The largest absolute Gasteiger partial charge is 0.367 e. The van der Waals surface area contributed by atoms with E-state index in [0.29, 0.717) is 0 Å². The summed E-state index contributed by atoms with van der Waals surface area (Å²) in [6, 6.07) is 59.9. The monoisotopic (exact) mass is 729 g/mol. The van der Waals surface area contributed by atoms with Crippen molar-refractivity contribution in [3.63, 3.8) is 0 Å². The van der Waals surface area contributed by atoms with Crippen LogP contribution in [0.5, 0.6) is 0 Å². The van der Waals surface area contributed by atoms with Gasteiger partial charge in [-0.3, -0.25) is 14.5 Å². The van der Waals surface area contributed by atoms with Crippen LogP contribution in [0.1, 0.15) is 27.8 Å². The first-order valence-corrected chi connectivity index (χ1v) is 19.5. The molecule has 5 heterocycles. The highest BCUT2D eigenvalue weighted by Gasteiger charge is 2.47. The Kier molecular flexibility index (Phi) is 6.84. The smallest absolute Gasteiger partial charge is 0.119 e. The predicted octanol–water partition coefficient (Wildman–Crippen LogP) is 12.0. The van der Waals surface area contributed by atoms with Gasteiger partial charge in [0.05, 0.1) is 27.7 Å². The highest BCUT2D eigenvalue weighted by Crippen LogP contribution is 2.56. The number of hydrogen-bond donors (Lipinski definition) is 1. The number of fused-ring (bicyclic) bond motifs is 9. The van der Waals surface area contributed by atoms with Crippen molar-refractivity contribution in [3.05, 3.63) is 216 Å². The van der Waals surface area contributed by atoms with Crippen molar-refractivity contribution in [2.75, 3.05) is 11.9 Å². The third-order valence-corrected chi connectivity index (χ3v) is 12.2. The number of aromatic nitrogens is 4. The molecule has 1 aliphatic heterocycles. The van der Waals surface area contributed by atoms with Gasteiger partial charge >= 0.3 is 0 Å². The number of rotatable bonds is 5. The molecular weight excluding hydrogens is 695 g/mol.